The van der Waals surface area contributed by atoms with E-state index in [1.807, 2.05) is 0 Å². The van der Waals surface area contributed by atoms with Gasteiger partial charge in [0.2, 0.25) is 5.88 Å². The molecule has 0 amide bonds. The van der Waals surface area contributed by atoms with Crippen LogP contribution in [0.3, 0.4) is 0 Å². The lowest BCUT2D eigenvalue weighted by Crippen LogP contribution is -2.21. The average Bonchev–Trinajstić information content (AvgIpc) is 2.17. The Morgan fingerprint density at radius 2 is 2.11 bits per heavy atom. The van der Waals surface area contributed by atoms with E-state index in [1.54, 1.807) is 0 Å². The molecule has 18 heavy (non-hydrogen) atoms. The van der Waals surface area contributed by atoms with E-state index >= 15 is 0 Å². The summed E-state index contributed by atoms with van der Waals surface area (Å²) < 4.78 is 39.3. The molecular weight excluding hydrogens is 261 g/mol. The number of aromatic nitrogens is 1. The molecule has 1 heterocycles. The molecule has 0 fully saturated rings. The SMILES string of the molecule is Cc1cnc(OC(F)(F)F)c(C(=O)O)c1[N+](=O)[O-]. The number of hydrogen-bond donors (Lipinski definition) is 1. The van der Waals surface area contributed by atoms with E-state index in [2.05, 4.69) is 9.72 Å². The maximum atomic E-state index is 12.0. The molecule has 1 aromatic heterocycles. The zero-order chi connectivity index (χ0) is 14.1. The highest BCUT2D eigenvalue weighted by molar-refractivity contribution is 5.95. The van der Waals surface area contributed by atoms with Gasteiger partial charge in [0.25, 0.3) is 5.69 Å². The molecule has 0 saturated heterocycles. The number of nitrogens with zero attached hydrogens (tertiary/aromatic N) is 2. The largest absolute Gasteiger partial charge is 0.574 e. The molecule has 0 aliphatic heterocycles. The van der Waals surface area contributed by atoms with E-state index in [1.165, 1.54) is 0 Å². The molecule has 0 bridgehead atoms. The first-order valence-corrected chi connectivity index (χ1v) is 4.26. The van der Waals surface area contributed by atoms with E-state index in [4.69, 9.17) is 5.11 Å². The molecule has 0 aliphatic carbocycles. The maximum Gasteiger partial charge on any atom is 0.574 e. The van der Waals surface area contributed by atoms with Crippen molar-refractivity contribution < 1.29 is 32.7 Å². The van der Waals surface area contributed by atoms with Crippen LogP contribution in [0, 0.1) is 17.0 Å². The maximum absolute atomic E-state index is 12.0. The molecule has 1 rings (SSSR count). The minimum atomic E-state index is -5.19. The molecule has 0 spiro atoms. The first-order chi connectivity index (χ1) is 8.13. The number of carboxylic acid groups (broad SMARTS) is 1. The summed E-state index contributed by atoms with van der Waals surface area (Å²) in [4.78, 5) is 23.4. The second-order valence-electron chi connectivity index (χ2n) is 3.08. The van der Waals surface area contributed by atoms with E-state index in [9.17, 15) is 28.1 Å². The van der Waals surface area contributed by atoms with Crippen molar-refractivity contribution in [2.24, 2.45) is 0 Å². The van der Waals surface area contributed by atoms with Crippen molar-refractivity contribution >= 4 is 11.7 Å². The summed E-state index contributed by atoms with van der Waals surface area (Å²) in [5, 5.41) is 19.4. The van der Waals surface area contributed by atoms with Gasteiger partial charge in [0.05, 0.1) is 4.92 Å². The van der Waals surface area contributed by atoms with Gasteiger partial charge in [0, 0.05) is 11.8 Å². The summed E-state index contributed by atoms with van der Waals surface area (Å²) in [6.45, 7) is 1.15. The molecule has 0 aromatic carbocycles. The third-order valence-corrected chi connectivity index (χ3v) is 1.81. The minimum absolute atomic E-state index is 0.188. The van der Waals surface area contributed by atoms with Gasteiger partial charge in [-0.05, 0) is 6.92 Å². The first-order valence-electron chi connectivity index (χ1n) is 4.26. The smallest absolute Gasteiger partial charge is 0.477 e. The third-order valence-electron chi connectivity index (χ3n) is 1.81. The van der Waals surface area contributed by atoms with Gasteiger partial charge in [-0.3, -0.25) is 10.1 Å². The Bertz CT molecular complexity index is 514. The Kier molecular flexibility index (Phi) is 3.39. The molecule has 0 aliphatic rings. The first kappa shape index (κ1) is 13.7. The molecule has 1 aromatic rings. The topological polar surface area (TPSA) is 103 Å². The molecule has 1 N–H and O–H groups in total. The number of carboxylic acids is 1. The number of hydrogen-bond acceptors (Lipinski definition) is 5. The second kappa shape index (κ2) is 4.47. The predicted molar refractivity (Wildman–Crippen MR) is 49.3 cm³/mol. The van der Waals surface area contributed by atoms with Crippen molar-refractivity contribution in [1.29, 1.82) is 0 Å². The van der Waals surface area contributed by atoms with Gasteiger partial charge >= 0.3 is 12.3 Å². The van der Waals surface area contributed by atoms with Crippen molar-refractivity contribution in [2.75, 3.05) is 0 Å². The number of ether oxygens (including phenoxy) is 1. The molecule has 0 radical (unpaired) electrons. The van der Waals surface area contributed by atoms with E-state index in [-0.39, 0.29) is 5.56 Å². The van der Waals surface area contributed by atoms with Crippen molar-refractivity contribution in [1.82, 2.24) is 4.98 Å². The fourth-order valence-electron chi connectivity index (χ4n) is 1.19. The Labute approximate surface area is 97.0 Å². The van der Waals surface area contributed by atoms with E-state index in [0.717, 1.165) is 13.1 Å². The van der Waals surface area contributed by atoms with Gasteiger partial charge in [-0.1, -0.05) is 0 Å². The van der Waals surface area contributed by atoms with Crippen LogP contribution in [0.2, 0.25) is 0 Å². The van der Waals surface area contributed by atoms with Crippen LogP contribution in [0.4, 0.5) is 18.9 Å². The molecule has 98 valence electrons. The van der Waals surface area contributed by atoms with Crippen LogP contribution in [0.5, 0.6) is 5.88 Å². The lowest BCUT2D eigenvalue weighted by molar-refractivity contribution is -0.386. The second-order valence-corrected chi connectivity index (χ2v) is 3.08. The van der Waals surface area contributed by atoms with E-state index in [0.29, 0.717) is 0 Å². The molecular formula is C8H5F3N2O5. The van der Waals surface area contributed by atoms with Gasteiger partial charge in [-0.25, -0.2) is 9.78 Å². The third kappa shape index (κ3) is 2.84. The number of alkyl halides is 3. The predicted octanol–water partition coefficient (Wildman–Crippen LogP) is 1.90. The van der Waals surface area contributed by atoms with Gasteiger partial charge in [0.1, 0.15) is 0 Å². The zero-order valence-electron chi connectivity index (χ0n) is 8.69. The highest BCUT2D eigenvalue weighted by atomic mass is 19.4. The number of rotatable bonds is 3. The normalized spacial score (nSPS) is 11.1. The van der Waals surface area contributed by atoms with Crippen LogP contribution in [0.1, 0.15) is 15.9 Å². The summed E-state index contributed by atoms with van der Waals surface area (Å²) in [6, 6.07) is 0. The molecule has 10 heteroatoms. The highest BCUT2D eigenvalue weighted by Gasteiger charge is 2.37. The number of halogens is 3. The van der Waals surface area contributed by atoms with Gasteiger partial charge < -0.3 is 9.84 Å². The summed E-state index contributed by atoms with van der Waals surface area (Å²) in [5.74, 6) is -3.30. The summed E-state index contributed by atoms with van der Waals surface area (Å²) in [6.07, 6.45) is -4.47. The Hall–Kier alpha value is -2.39. The van der Waals surface area contributed by atoms with Crippen molar-refractivity contribution in [3.8, 4) is 5.88 Å². The summed E-state index contributed by atoms with van der Waals surface area (Å²) in [7, 11) is 0. The Morgan fingerprint density at radius 1 is 1.56 bits per heavy atom. The Balaban J connectivity index is 3.49. The number of aromatic carboxylic acids is 1. The zero-order valence-corrected chi connectivity index (χ0v) is 8.69. The van der Waals surface area contributed by atoms with Crippen molar-refractivity contribution in [3.63, 3.8) is 0 Å². The standard InChI is InChI=1S/C8H5F3N2O5/c1-3-2-12-6(18-8(9,10)11)4(7(14)15)5(3)13(16)17/h2H,1H3,(H,14,15). The van der Waals surface area contributed by atoms with Crippen LogP contribution < -0.4 is 4.74 Å². The van der Waals surface area contributed by atoms with Crippen LogP contribution in [0.15, 0.2) is 6.20 Å². The summed E-state index contributed by atoms with van der Waals surface area (Å²) >= 11 is 0. The number of aryl methyl sites for hydroxylation is 1. The fourth-order valence-corrected chi connectivity index (χ4v) is 1.19. The number of nitro groups is 1. The van der Waals surface area contributed by atoms with Crippen LogP contribution in [-0.2, 0) is 0 Å². The lowest BCUT2D eigenvalue weighted by Gasteiger charge is -2.10. The highest BCUT2D eigenvalue weighted by Crippen LogP contribution is 2.32. The molecule has 0 atom stereocenters. The van der Waals surface area contributed by atoms with Gasteiger partial charge in [-0.2, -0.15) is 0 Å². The number of carbonyl (C=O) groups is 1. The average molecular weight is 266 g/mol. The fraction of sp³-hybridized carbons (Fsp3) is 0.250. The molecule has 7 nitrogen and oxygen atoms in total. The lowest BCUT2D eigenvalue weighted by atomic mass is 10.1. The van der Waals surface area contributed by atoms with Gasteiger partial charge in [-0.15, -0.1) is 13.2 Å². The molecule has 0 saturated carbocycles. The molecule has 0 unspecified atom stereocenters. The van der Waals surface area contributed by atoms with Crippen molar-refractivity contribution in [2.45, 2.75) is 13.3 Å². The van der Waals surface area contributed by atoms with Gasteiger partial charge in [0.15, 0.2) is 5.56 Å². The van der Waals surface area contributed by atoms with Crippen LogP contribution >= 0.6 is 0 Å². The summed E-state index contributed by atoms with van der Waals surface area (Å²) in [5.41, 5.74) is -2.42. The van der Waals surface area contributed by atoms with E-state index < -0.39 is 34.4 Å². The minimum Gasteiger partial charge on any atom is -0.477 e. The number of pyridine rings is 1. The van der Waals surface area contributed by atoms with Crippen LogP contribution in [-0.4, -0.2) is 27.3 Å². The Morgan fingerprint density at radius 3 is 2.50 bits per heavy atom. The quantitative estimate of drug-likeness (QED) is 0.662. The monoisotopic (exact) mass is 266 g/mol. The van der Waals surface area contributed by atoms with Crippen LogP contribution in [0.25, 0.3) is 0 Å². The van der Waals surface area contributed by atoms with Crippen molar-refractivity contribution in [3.05, 3.63) is 27.4 Å².